The Hall–Kier alpha value is -0.770. The van der Waals surface area contributed by atoms with Crippen LogP contribution in [-0.4, -0.2) is 36.1 Å². The molecule has 4 nitrogen and oxygen atoms in total. The molecule has 15 heavy (non-hydrogen) atoms. The molecule has 88 valence electrons. The van der Waals surface area contributed by atoms with Crippen molar-refractivity contribution in [3.05, 3.63) is 0 Å². The number of nitrogens with one attached hydrogen (secondary N) is 1. The smallest absolute Gasteiger partial charge is 0.317 e. The van der Waals surface area contributed by atoms with E-state index in [0.717, 1.165) is 25.7 Å². The number of nitrogens with zero attached hydrogens (tertiary/aromatic N) is 1. The third kappa shape index (κ3) is 2.62. The van der Waals surface area contributed by atoms with Crippen molar-refractivity contribution < 1.29 is 4.79 Å². The topological polar surface area (TPSA) is 58.4 Å². The number of carbonyl (C=O) groups is 1. The highest BCUT2D eigenvalue weighted by molar-refractivity contribution is 5.75. The van der Waals surface area contributed by atoms with Gasteiger partial charge in [-0.15, -0.1) is 0 Å². The molecule has 0 saturated heterocycles. The Morgan fingerprint density at radius 2 is 2.00 bits per heavy atom. The molecule has 0 atom stereocenters. The molecule has 1 fully saturated rings. The lowest BCUT2D eigenvalue weighted by atomic mass is 9.91. The molecular weight excluding hydrogens is 190 g/mol. The van der Waals surface area contributed by atoms with Crippen molar-refractivity contribution in [2.24, 2.45) is 5.73 Å². The van der Waals surface area contributed by atoms with Crippen molar-refractivity contribution >= 4 is 6.03 Å². The van der Waals surface area contributed by atoms with E-state index < -0.39 is 0 Å². The number of nitrogens with two attached hydrogens (primary N) is 1. The second-order valence-electron chi connectivity index (χ2n) is 4.42. The first-order valence-corrected chi connectivity index (χ1v) is 5.84. The molecule has 1 saturated carbocycles. The number of carbonyl (C=O) groups excluding carboxylic acids is 1. The quantitative estimate of drug-likeness (QED) is 0.723. The lowest BCUT2D eigenvalue weighted by Gasteiger charge is -2.39. The van der Waals surface area contributed by atoms with Crippen LogP contribution in [0.1, 0.15) is 39.5 Å². The van der Waals surface area contributed by atoms with Crippen LogP contribution in [0.25, 0.3) is 0 Å². The highest BCUT2D eigenvalue weighted by Crippen LogP contribution is 2.23. The van der Waals surface area contributed by atoms with Crippen molar-refractivity contribution in [1.29, 1.82) is 0 Å². The fourth-order valence-electron chi connectivity index (χ4n) is 1.86. The Kier molecular flexibility index (Phi) is 3.97. The van der Waals surface area contributed by atoms with Gasteiger partial charge >= 0.3 is 6.03 Å². The van der Waals surface area contributed by atoms with Crippen LogP contribution in [0, 0.1) is 0 Å². The maximum atomic E-state index is 11.9. The normalized spacial score (nSPS) is 16.3. The summed E-state index contributed by atoms with van der Waals surface area (Å²) in [5, 5.41) is 2.99. The first-order chi connectivity index (χ1) is 7.09. The van der Waals surface area contributed by atoms with E-state index in [-0.39, 0.29) is 11.6 Å². The van der Waals surface area contributed by atoms with Crippen LogP contribution in [0.5, 0.6) is 0 Å². The Bertz CT molecular complexity index is 214. The van der Waals surface area contributed by atoms with E-state index in [1.165, 1.54) is 0 Å². The first-order valence-electron chi connectivity index (χ1n) is 5.84. The molecule has 1 aliphatic carbocycles. The Morgan fingerprint density at radius 3 is 2.33 bits per heavy atom. The van der Waals surface area contributed by atoms with E-state index in [1.54, 1.807) is 4.90 Å². The minimum Gasteiger partial charge on any atom is -0.335 e. The predicted molar refractivity (Wildman–Crippen MR) is 61.7 cm³/mol. The first kappa shape index (κ1) is 12.3. The average Bonchev–Trinajstić information content (AvgIpc) is 3.05. The molecule has 0 spiro atoms. The van der Waals surface area contributed by atoms with Crippen LogP contribution in [0.3, 0.4) is 0 Å². The Balaban J connectivity index is 2.60. The SMILES string of the molecule is CCC(CC)(CN)N(C)C(=O)NC1CC1. The van der Waals surface area contributed by atoms with Crippen LogP contribution >= 0.6 is 0 Å². The summed E-state index contributed by atoms with van der Waals surface area (Å²) in [5.74, 6) is 0. The molecule has 0 unspecified atom stereocenters. The minimum atomic E-state index is -0.182. The zero-order chi connectivity index (χ0) is 11.5. The van der Waals surface area contributed by atoms with E-state index >= 15 is 0 Å². The largest absolute Gasteiger partial charge is 0.335 e. The molecule has 3 N–H and O–H groups in total. The number of amides is 2. The summed E-state index contributed by atoms with van der Waals surface area (Å²) >= 11 is 0. The third-order valence-corrected chi connectivity index (χ3v) is 3.62. The number of hydrogen-bond donors (Lipinski definition) is 2. The van der Waals surface area contributed by atoms with Crippen molar-refractivity contribution in [2.75, 3.05) is 13.6 Å². The van der Waals surface area contributed by atoms with E-state index in [0.29, 0.717) is 12.6 Å². The summed E-state index contributed by atoms with van der Waals surface area (Å²) in [6.07, 6.45) is 4.03. The van der Waals surface area contributed by atoms with Crippen molar-refractivity contribution in [2.45, 2.75) is 51.1 Å². The van der Waals surface area contributed by atoms with E-state index in [2.05, 4.69) is 19.2 Å². The third-order valence-electron chi connectivity index (χ3n) is 3.62. The van der Waals surface area contributed by atoms with Gasteiger partial charge in [0, 0.05) is 19.6 Å². The van der Waals surface area contributed by atoms with Gasteiger partial charge in [0.25, 0.3) is 0 Å². The van der Waals surface area contributed by atoms with Crippen molar-refractivity contribution in [3.63, 3.8) is 0 Å². The molecule has 2 amide bonds. The fraction of sp³-hybridized carbons (Fsp3) is 0.909. The molecule has 1 aliphatic rings. The van der Waals surface area contributed by atoms with Crippen LogP contribution in [-0.2, 0) is 0 Å². The van der Waals surface area contributed by atoms with Gasteiger partial charge in [0.15, 0.2) is 0 Å². The standard InChI is InChI=1S/C11H23N3O/c1-4-11(5-2,8-12)14(3)10(15)13-9-6-7-9/h9H,4-8,12H2,1-3H3,(H,13,15). The summed E-state index contributed by atoms with van der Waals surface area (Å²) in [6, 6.07) is 0.427. The highest BCUT2D eigenvalue weighted by atomic mass is 16.2. The summed E-state index contributed by atoms with van der Waals surface area (Å²) in [7, 11) is 1.84. The van der Waals surface area contributed by atoms with Crippen molar-refractivity contribution in [3.8, 4) is 0 Å². The number of likely N-dealkylation sites (N-methyl/N-ethyl adjacent to an activating group) is 1. The maximum Gasteiger partial charge on any atom is 0.317 e. The van der Waals surface area contributed by atoms with Gasteiger partial charge in [0.2, 0.25) is 0 Å². The van der Waals surface area contributed by atoms with Crippen LogP contribution in [0.2, 0.25) is 0 Å². The summed E-state index contributed by atoms with van der Waals surface area (Å²) in [6.45, 7) is 4.68. The fourth-order valence-corrected chi connectivity index (χ4v) is 1.86. The van der Waals surface area contributed by atoms with Gasteiger partial charge in [-0.25, -0.2) is 4.79 Å². The van der Waals surface area contributed by atoms with Crippen LogP contribution in [0.4, 0.5) is 4.79 Å². The van der Waals surface area contributed by atoms with E-state index in [1.807, 2.05) is 7.05 Å². The van der Waals surface area contributed by atoms with Crippen LogP contribution in [0.15, 0.2) is 0 Å². The zero-order valence-corrected chi connectivity index (χ0v) is 10.0. The lowest BCUT2D eigenvalue weighted by Crippen LogP contribution is -2.56. The van der Waals surface area contributed by atoms with Crippen LogP contribution < -0.4 is 11.1 Å². The Morgan fingerprint density at radius 1 is 1.47 bits per heavy atom. The maximum absolute atomic E-state index is 11.9. The lowest BCUT2D eigenvalue weighted by molar-refractivity contribution is 0.130. The number of hydrogen-bond acceptors (Lipinski definition) is 2. The molecule has 0 aromatic carbocycles. The van der Waals surface area contributed by atoms with E-state index in [9.17, 15) is 4.79 Å². The second kappa shape index (κ2) is 4.84. The molecule has 0 bridgehead atoms. The highest BCUT2D eigenvalue weighted by Gasteiger charge is 2.34. The van der Waals surface area contributed by atoms with E-state index in [4.69, 9.17) is 5.73 Å². The monoisotopic (exact) mass is 213 g/mol. The van der Waals surface area contributed by atoms with Gasteiger partial charge in [0.05, 0.1) is 5.54 Å². The van der Waals surface area contributed by atoms with Gasteiger partial charge in [-0.1, -0.05) is 13.8 Å². The molecule has 1 rings (SSSR count). The number of rotatable bonds is 5. The zero-order valence-electron chi connectivity index (χ0n) is 10.0. The molecule has 4 heteroatoms. The molecule has 0 heterocycles. The molecule has 0 aromatic rings. The van der Waals surface area contributed by atoms with Gasteiger partial charge < -0.3 is 16.0 Å². The predicted octanol–water partition coefficient (Wildman–Crippen LogP) is 1.31. The average molecular weight is 213 g/mol. The van der Waals surface area contributed by atoms with Crippen molar-refractivity contribution in [1.82, 2.24) is 10.2 Å². The molecule has 0 aliphatic heterocycles. The molecule has 0 radical (unpaired) electrons. The number of urea groups is 1. The Labute approximate surface area is 92.2 Å². The second-order valence-corrected chi connectivity index (χ2v) is 4.42. The summed E-state index contributed by atoms with van der Waals surface area (Å²) < 4.78 is 0. The summed E-state index contributed by atoms with van der Waals surface area (Å²) in [4.78, 5) is 13.7. The van der Waals surface area contributed by atoms with Gasteiger partial charge in [-0.3, -0.25) is 0 Å². The molecular formula is C11H23N3O. The minimum absolute atomic E-state index is 0.0200. The molecule has 0 aromatic heterocycles. The summed E-state index contributed by atoms with van der Waals surface area (Å²) in [5.41, 5.74) is 5.61. The van der Waals surface area contributed by atoms with Gasteiger partial charge in [0.1, 0.15) is 0 Å². The van der Waals surface area contributed by atoms with Gasteiger partial charge in [-0.05, 0) is 25.7 Å². The van der Waals surface area contributed by atoms with Gasteiger partial charge in [-0.2, -0.15) is 0 Å².